The van der Waals surface area contributed by atoms with Gasteiger partial charge in [-0.3, -0.25) is 9.69 Å². The number of halogens is 2. The Hall–Kier alpha value is -1.22. The van der Waals surface area contributed by atoms with Gasteiger partial charge in [-0.15, -0.1) is 0 Å². The van der Waals surface area contributed by atoms with Crippen molar-refractivity contribution >= 4 is 23.4 Å². The van der Waals surface area contributed by atoms with Crippen LogP contribution in [0.5, 0.6) is 0 Å². The highest BCUT2D eigenvalue weighted by molar-refractivity contribution is 7.99. The lowest BCUT2D eigenvalue weighted by atomic mass is 10.3. The highest BCUT2D eigenvalue weighted by atomic mass is 32.2. The number of rotatable bonds is 11. The molecule has 1 aromatic rings. The Balaban J connectivity index is 2.62. The molecule has 0 fully saturated rings. The minimum atomic E-state index is -2.53. The molecule has 0 aliphatic carbocycles. The number of alkyl halides is 2. The number of para-hydroxylation sites is 1. The fourth-order valence-corrected chi connectivity index (χ4v) is 2.47. The molecule has 8 heteroatoms. The van der Waals surface area contributed by atoms with Gasteiger partial charge in [-0.1, -0.05) is 23.9 Å². The first-order valence-corrected chi connectivity index (χ1v) is 7.98. The van der Waals surface area contributed by atoms with E-state index in [1.807, 2.05) is 4.90 Å². The molecule has 0 spiro atoms. The fraction of sp³-hybridized carbons (Fsp3) is 0.533. The summed E-state index contributed by atoms with van der Waals surface area (Å²) >= 11 is 0.412. The van der Waals surface area contributed by atoms with Crippen LogP contribution < -0.4 is 5.32 Å². The molecule has 0 saturated heterocycles. The van der Waals surface area contributed by atoms with Crippen LogP contribution in [-0.2, 0) is 14.3 Å². The van der Waals surface area contributed by atoms with Gasteiger partial charge in [-0.25, -0.2) is 0 Å². The van der Waals surface area contributed by atoms with E-state index in [1.54, 1.807) is 38.5 Å². The van der Waals surface area contributed by atoms with Crippen molar-refractivity contribution in [2.24, 2.45) is 0 Å². The van der Waals surface area contributed by atoms with Crippen LogP contribution in [0.1, 0.15) is 0 Å². The number of methoxy groups -OCH3 is 2. The predicted molar refractivity (Wildman–Crippen MR) is 87.1 cm³/mol. The number of benzene rings is 1. The molecular formula is C15H22F2N2O3S. The molecule has 1 aromatic carbocycles. The number of carbonyl (C=O) groups is 1. The summed E-state index contributed by atoms with van der Waals surface area (Å²) in [5.41, 5.74) is 0.390. The first-order chi connectivity index (χ1) is 11.1. The number of amides is 1. The molecule has 0 atom stereocenters. The monoisotopic (exact) mass is 348 g/mol. The summed E-state index contributed by atoms with van der Waals surface area (Å²) in [5, 5.41) is 2.68. The van der Waals surface area contributed by atoms with Gasteiger partial charge in [0.25, 0.3) is 5.76 Å². The molecule has 1 rings (SSSR count). The molecular weight excluding hydrogens is 326 g/mol. The standard InChI is InChI=1S/C15H22F2N2O3S/c1-21-9-7-19(8-10-22-2)11-14(20)18-12-5-3-4-6-13(12)23-15(16)17/h3-6,15H,7-11H2,1-2H3,(H,18,20). The normalized spacial score (nSPS) is 11.2. The van der Waals surface area contributed by atoms with Gasteiger partial charge in [0.1, 0.15) is 0 Å². The summed E-state index contributed by atoms with van der Waals surface area (Å²) < 4.78 is 35.1. The van der Waals surface area contributed by atoms with Gasteiger partial charge in [-0.2, -0.15) is 8.78 Å². The van der Waals surface area contributed by atoms with Gasteiger partial charge < -0.3 is 14.8 Å². The maximum absolute atomic E-state index is 12.5. The van der Waals surface area contributed by atoms with E-state index in [2.05, 4.69) is 5.32 Å². The Morgan fingerprint density at radius 2 is 1.83 bits per heavy atom. The number of carbonyl (C=O) groups excluding carboxylic acids is 1. The van der Waals surface area contributed by atoms with Crippen LogP contribution in [0.4, 0.5) is 14.5 Å². The van der Waals surface area contributed by atoms with Crippen molar-refractivity contribution in [1.29, 1.82) is 0 Å². The number of hydrogen-bond donors (Lipinski definition) is 1. The van der Waals surface area contributed by atoms with Crippen LogP contribution in [0.15, 0.2) is 29.2 Å². The van der Waals surface area contributed by atoms with E-state index in [4.69, 9.17) is 9.47 Å². The highest BCUT2D eigenvalue weighted by Gasteiger charge is 2.14. The zero-order valence-electron chi connectivity index (χ0n) is 13.3. The first kappa shape index (κ1) is 19.8. The number of hydrogen-bond acceptors (Lipinski definition) is 5. The van der Waals surface area contributed by atoms with Crippen LogP contribution in [0, 0.1) is 0 Å². The maximum atomic E-state index is 12.5. The topological polar surface area (TPSA) is 50.8 Å². The Morgan fingerprint density at radius 3 is 2.39 bits per heavy atom. The van der Waals surface area contributed by atoms with Crippen molar-refractivity contribution in [3.05, 3.63) is 24.3 Å². The van der Waals surface area contributed by atoms with Gasteiger partial charge in [0, 0.05) is 32.2 Å². The third-order valence-corrected chi connectivity index (χ3v) is 3.76. The van der Waals surface area contributed by atoms with Crippen molar-refractivity contribution in [3.8, 4) is 0 Å². The van der Waals surface area contributed by atoms with E-state index in [0.29, 0.717) is 48.6 Å². The van der Waals surface area contributed by atoms with E-state index < -0.39 is 5.76 Å². The van der Waals surface area contributed by atoms with E-state index >= 15 is 0 Å². The number of nitrogens with zero attached hydrogens (tertiary/aromatic N) is 1. The number of nitrogens with one attached hydrogen (secondary N) is 1. The molecule has 0 aromatic heterocycles. The number of ether oxygens (including phenoxy) is 2. The zero-order chi connectivity index (χ0) is 17.1. The van der Waals surface area contributed by atoms with Crippen LogP contribution in [0.3, 0.4) is 0 Å². The van der Waals surface area contributed by atoms with E-state index in [1.165, 1.54) is 0 Å². The molecule has 23 heavy (non-hydrogen) atoms. The van der Waals surface area contributed by atoms with E-state index in [9.17, 15) is 13.6 Å². The molecule has 0 saturated carbocycles. The number of thioether (sulfide) groups is 1. The molecule has 0 unspecified atom stereocenters. The van der Waals surface area contributed by atoms with Crippen molar-refractivity contribution in [2.75, 3.05) is 52.4 Å². The molecule has 0 aliphatic rings. The Bertz CT molecular complexity index is 470. The Labute approximate surface area is 139 Å². The lowest BCUT2D eigenvalue weighted by Crippen LogP contribution is -2.37. The lowest BCUT2D eigenvalue weighted by Gasteiger charge is -2.21. The minimum absolute atomic E-state index is 0.139. The first-order valence-electron chi connectivity index (χ1n) is 7.10. The van der Waals surface area contributed by atoms with Crippen LogP contribution in [-0.4, -0.2) is 63.6 Å². The second-order valence-corrected chi connectivity index (χ2v) is 5.72. The molecule has 0 bridgehead atoms. The molecule has 5 nitrogen and oxygen atoms in total. The van der Waals surface area contributed by atoms with Crippen molar-refractivity contribution in [3.63, 3.8) is 0 Å². The summed E-state index contributed by atoms with van der Waals surface area (Å²) in [6, 6.07) is 6.51. The van der Waals surface area contributed by atoms with E-state index in [0.717, 1.165) is 0 Å². The van der Waals surface area contributed by atoms with Gasteiger partial charge in [0.2, 0.25) is 5.91 Å². The van der Waals surface area contributed by atoms with Crippen LogP contribution in [0.2, 0.25) is 0 Å². The summed E-state index contributed by atoms with van der Waals surface area (Å²) in [6.07, 6.45) is 0. The van der Waals surface area contributed by atoms with E-state index in [-0.39, 0.29) is 12.5 Å². The van der Waals surface area contributed by atoms with Crippen molar-refractivity contribution in [1.82, 2.24) is 4.90 Å². The second kappa shape index (κ2) is 11.3. The minimum Gasteiger partial charge on any atom is -0.383 e. The average Bonchev–Trinajstić information content (AvgIpc) is 2.51. The van der Waals surface area contributed by atoms with Crippen LogP contribution >= 0.6 is 11.8 Å². The maximum Gasteiger partial charge on any atom is 0.288 e. The predicted octanol–water partition coefficient (Wildman–Crippen LogP) is 2.53. The summed E-state index contributed by atoms with van der Waals surface area (Å²) in [5.74, 6) is -2.80. The highest BCUT2D eigenvalue weighted by Crippen LogP contribution is 2.31. The van der Waals surface area contributed by atoms with Gasteiger partial charge in [0.15, 0.2) is 0 Å². The average molecular weight is 348 g/mol. The molecule has 1 amide bonds. The molecule has 130 valence electrons. The lowest BCUT2D eigenvalue weighted by molar-refractivity contribution is -0.117. The Morgan fingerprint density at radius 1 is 1.22 bits per heavy atom. The summed E-state index contributed by atoms with van der Waals surface area (Å²) in [4.78, 5) is 14.4. The Kier molecular flexibility index (Phi) is 9.77. The molecule has 0 aliphatic heterocycles. The third-order valence-electron chi connectivity index (χ3n) is 2.97. The van der Waals surface area contributed by atoms with Crippen molar-refractivity contribution < 1.29 is 23.0 Å². The fourth-order valence-electron chi connectivity index (χ4n) is 1.87. The SMILES string of the molecule is COCCN(CCOC)CC(=O)Nc1ccccc1SC(F)F. The van der Waals surface area contributed by atoms with Crippen molar-refractivity contribution in [2.45, 2.75) is 10.7 Å². The second-order valence-electron chi connectivity index (χ2n) is 4.68. The van der Waals surface area contributed by atoms with Gasteiger partial charge >= 0.3 is 0 Å². The third kappa shape index (κ3) is 8.26. The summed E-state index contributed by atoms with van der Waals surface area (Å²) in [7, 11) is 3.18. The van der Waals surface area contributed by atoms with Crippen LogP contribution in [0.25, 0.3) is 0 Å². The summed E-state index contributed by atoms with van der Waals surface area (Å²) in [6.45, 7) is 2.30. The van der Waals surface area contributed by atoms with Gasteiger partial charge in [0.05, 0.1) is 25.4 Å². The zero-order valence-corrected chi connectivity index (χ0v) is 14.1. The van der Waals surface area contributed by atoms with Gasteiger partial charge in [-0.05, 0) is 12.1 Å². The largest absolute Gasteiger partial charge is 0.383 e. The number of anilines is 1. The molecule has 1 N–H and O–H groups in total. The quantitative estimate of drug-likeness (QED) is 0.623. The molecule has 0 radical (unpaired) electrons. The smallest absolute Gasteiger partial charge is 0.288 e. The molecule has 0 heterocycles.